The zero-order valence-corrected chi connectivity index (χ0v) is 19.8. The van der Waals surface area contributed by atoms with Crippen LogP contribution in [0.15, 0.2) is 58.1 Å². The van der Waals surface area contributed by atoms with E-state index in [1.807, 2.05) is 44.2 Å². The van der Waals surface area contributed by atoms with Crippen LogP contribution in [0.25, 0.3) is 0 Å². The van der Waals surface area contributed by atoms with E-state index >= 15 is 0 Å². The van der Waals surface area contributed by atoms with Gasteiger partial charge < -0.3 is 16.0 Å². The van der Waals surface area contributed by atoms with E-state index in [-0.39, 0.29) is 37.1 Å². The minimum Gasteiger partial charge on any atom is -0.383 e. The molecule has 0 atom stereocenters. The van der Waals surface area contributed by atoms with E-state index in [0.717, 1.165) is 5.56 Å². The van der Waals surface area contributed by atoms with Crippen molar-refractivity contribution in [2.75, 3.05) is 29.0 Å². The van der Waals surface area contributed by atoms with E-state index in [9.17, 15) is 14.4 Å². The zero-order chi connectivity index (χ0) is 24.1. The van der Waals surface area contributed by atoms with Gasteiger partial charge in [-0.1, -0.05) is 67.4 Å². The van der Waals surface area contributed by atoms with Gasteiger partial charge in [-0.15, -0.1) is 0 Å². The van der Waals surface area contributed by atoms with Gasteiger partial charge in [0.15, 0.2) is 5.69 Å². The summed E-state index contributed by atoms with van der Waals surface area (Å²) in [6.45, 7) is 4.09. The molecule has 0 radical (unpaired) electrons. The largest absolute Gasteiger partial charge is 0.383 e. The molecule has 0 fully saturated rings. The number of halogens is 2. The van der Waals surface area contributed by atoms with Crippen molar-refractivity contribution in [2.24, 2.45) is 5.92 Å². The van der Waals surface area contributed by atoms with Crippen molar-refractivity contribution in [2.45, 2.75) is 20.4 Å². The third-order valence-corrected chi connectivity index (χ3v) is 5.62. The van der Waals surface area contributed by atoms with E-state index in [0.29, 0.717) is 15.7 Å². The molecule has 1 amide bonds. The molecule has 4 N–H and O–H groups in total. The number of nitrogens with two attached hydrogens (primary N) is 1. The lowest BCUT2D eigenvalue weighted by molar-refractivity contribution is -0.117. The Morgan fingerprint density at radius 3 is 2.45 bits per heavy atom. The van der Waals surface area contributed by atoms with Crippen molar-refractivity contribution in [3.8, 4) is 0 Å². The van der Waals surface area contributed by atoms with Gasteiger partial charge in [-0.3, -0.25) is 19.1 Å². The number of hydrogen-bond donors (Lipinski definition) is 3. The number of nitrogen functional groups attached to an aromatic ring is 1. The Labute approximate surface area is 200 Å². The lowest BCUT2D eigenvalue weighted by Crippen LogP contribution is -2.44. The topological polar surface area (TPSA) is 113 Å². The quantitative estimate of drug-likeness (QED) is 0.447. The zero-order valence-electron chi connectivity index (χ0n) is 18.3. The van der Waals surface area contributed by atoms with Crippen LogP contribution < -0.4 is 27.2 Å². The maximum absolute atomic E-state index is 13.2. The number of aromatic amines is 1. The van der Waals surface area contributed by atoms with Crippen LogP contribution in [0.5, 0.6) is 0 Å². The minimum atomic E-state index is -0.717. The number of aromatic nitrogens is 2. The van der Waals surface area contributed by atoms with Gasteiger partial charge in [0.2, 0.25) is 5.91 Å². The van der Waals surface area contributed by atoms with Crippen LogP contribution in [0.3, 0.4) is 0 Å². The average Bonchev–Trinajstić information content (AvgIpc) is 2.77. The van der Waals surface area contributed by atoms with Crippen LogP contribution in [0, 0.1) is 5.92 Å². The van der Waals surface area contributed by atoms with Crippen LogP contribution in [-0.4, -0.2) is 28.5 Å². The highest BCUT2D eigenvalue weighted by Crippen LogP contribution is 2.25. The monoisotopic (exact) mass is 489 g/mol. The lowest BCUT2D eigenvalue weighted by atomic mass is 10.2. The van der Waals surface area contributed by atoms with Gasteiger partial charge in [0, 0.05) is 12.2 Å². The molecule has 3 rings (SSSR count). The Bertz CT molecular complexity index is 1260. The molecule has 1 heterocycles. The fourth-order valence-corrected chi connectivity index (χ4v) is 3.62. The average molecular weight is 490 g/mol. The summed E-state index contributed by atoms with van der Waals surface area (Å²) in [6.07, 6.45) is 0. The summed E-state index contributed by atoms with van der Waals surface area (Å²) in [5.74, 6) is -0.430. The number of carbonyl (C=O) groups is 1. The standard InChI is InChI=1S/C23H25Cl2N5O3/c1-14(2)12-29(19(31)11-27-16-8-9-17(24)18(25)10-16)20-21(26)30(23(33)28-22(20)32)13-15-6-4-3-5-7-15/h3-10,14,27H,11-13,26H2,1-2H3,(H,28,32,33). The molecule has 0 aliphatic heterocycles. The fourth-order valence-electron chi connectivity index (χ4n) is 3.32. The van der Waals surface area contributed by atoms with Gasteiger partial charge in [-0.05, 0) is 29.7 Å². The fraction of sp³-hybridized carbons (Fsp3) is 0.261. The third-order valence-electron chi connectivity index (χ3n) is 4.88. The van der Waals surface area contributed by atoms with Crippen molar-refractivity contribution in [1.29, 1.82) is 0 Å². The predicted molar refractivity (Wildman–Crippen MR) is 133 cm³/mol. The Balaban J connectivity index is 1.94. The summed E-state index contributed by atoms with van der Waals surface area (Å²) < 4.78 is 1.25. The summed E-state index contributed by atoms with van der Waals surface area (Å²) >= 11 is 12.0. The first-order valence-electron chi connectivity index (χ1n) is 10.3. The maximum atomic E-state index is 13.2. The lowest BCUT2D eigenvalue weighted by Gasteiger charge is -2.26. The Hall–Kier alpha value is -3.23. The first kappa shape index (κ1) is 24.4. The number of benzene rings is 2. The van der Waals surface area contributed by atoms with Crippen LogP contribution in [-0.2, 0) is 11.3 Å². The molecular formula is C23H25Cl2N5O3. The second-order valence-corrected chi connectivity index (χ2v) is 8.76. The van der Waals surface area contributed by atoms with E-state index in [2.05, 4.69) is 10.3 Å². The van der Waals surface area contributed by atoms with Crippen LogP contribution in [0.2, 0.25) is 10.0 Å². The van der Waals surface area contributed by atoms with Crippen molar-refractivity contribution < 1.29 is 4.79 Å². The highest BCUT2D eigenvalue weighted by atomic mass is 35.5. The van der Waals surface area contributed by atoms with Gasteiger partial charge >= 0.3 is 5.69 Å². The first-order valence-corrected chi connectivity index (χ1v) is 11.1. The molecule has 0 aliphatic rings. The number of amides is 1. The molecule has 0 unspecified atom stereocenters. The van der Waals surface area contributed by atoms with Gasteiger partial charge in [-0.25, -0.2) is 4.79 Å². The Kier molecular flexibility index (Phi) is 7.84. The van der Waals surface area contributed by atoms with Gasteiger partial charge in [0.1, 0.15) is 5.82 Å². The molecule has 33 heavy (non-hydrogen) atoms. The molecule has 0 aliphatic carbocycles. The summed E-state index contributed by atoms with van der Waals surface area (Å²) in [5.41, 5.74) is 6.29. The number of carbonyl (C=O) groups excluding carboxylic acids is 1. The normalized spacial score (nSPS) is 10.9. The Morgan fingerprint density at radius 1 is 1.12 bits per heavy atom. The summed E-state index contributed by atoms with van der Waals surface area (Å²) in [7, 11) is 0. The van der Waals surface area contributed by atoms with Gasteiger partial charge in [-0.2, -0.15) is 0 Å². The number of anilines is 3. The molecule has 10 heteroatoms. The molecule has 0 saturated heterocycles. The molecule has 174 valence electrons. The maximum Gasteiger partial charge on any atom is 0.330 e. The molecular weight excluding hydrogens is 465 g/mol. The molecule has 3 aromatic rings. The highest BCUT2D eigenvalue weighted by Gasteiger charge is 2.25. The van der Waals surface area contributed by atoms with Crippen molar-refractivity contribution >= 4 is 46.3 Å². The van der Waals surface area contributed by atoms with Crippen molar-refractivity contribution in [3.63, 3.8) is 0 Å². The predicted octanol–water partition coefficient (Wildman–Crippen LogP) is 3.58. The van der Waals surface area contributed by atoms with Crippen LogP contribution in [0.4, 0.5) is 17.2 Å². The first-order chi connectivity index (χ1) is 15.7. The molecule has 2 aromatic carbocycles. The van der Waals surface area contributed by atoms with Crippen molar-refractivity contribution in [3.05, 3.63) is 85.0 Å². The summed E-state index contributed by atoms with van der Waals surface area (Å²) in [4.78, 5) is 42.0. The second-order valence-electron chi connectivity index (χ2n) is 7.95. The number of nitrogens with one attached hydrogen (secondary N) is 2. The number of hydrogen-bond acceptors (Lipinski definition) is 5. The number of rotatable bonds is 8. The molecule has 8 nitrogen and oxygen atoms in total. The highest BCUT2D eigenvalue weighted by molar-refractivity contribution is 6.42. The van der Waals surface area contributed by atoms with Crippen molar-refractivity contribution in [1.82, 2.24) is 9.55 Å². The van der Waals surface area contributed by atoms with E-state index in [1.165, 1.54) is 9.47 Å². The smallest absolute Gasteiger partial charge is 0.330 e. The van der Waals surface area contributed by atoms with E-state index < -0.39 is 17.2 Å². The summed E-state index contributed by atoms with van der Waals surface area (Å²) in [6, 6.07) is 14.1. The van der Waals surface area contributed by atoms with Gasteiger partial charge in [0.25, 0.3) is 5.56 Å². The molecule has 0 bridgehead atoms. The number of H-pyrrole nitrogens is 1. The van der Waals surface area contributed by atoms with Gasteiger partial charge in [0.05, 0.1) is 23.1 Å². The van der Waals surface area contributed by atoms with Crippen LogP contribution >= 0.6 is 23.2 Å². The molecule has 0 spiro atoms. The summed E-state index contributed by atoms with van der Waals surface area (Å²) in [5, 5.41) is 3.73. The third kappa shape index (κ3) is 5.97. The number of nitrogens with zero attached hydrogens (tertiary/aromatic N) is 2. The SMILES string of the molecule is CC(C)CN(C(=O)CNc1ccc(Cl)c(Cl)c1)c1c(N)n(Cc2ccccc2)c(=O)[nH]c1=O. The molecule has 0 saturated carbocycles. The minimum absolute atomic E-state index is 0.0345. The Morgan fingerprint density at radius 2 is 1.82 bits per heavy atom. The molecule has 1 aromatic heterocycles. The second kappa shape index (κ2) is 10.6. The van der Waals surface area contributed by atoms with E-state index in [1.54, 1.807) is 18.2 Å². The van der Waals surface area contributed by atoms with Crippen LogP contribution in [0.1, 0.15) is 19.4 Å². The van der Waals surface area contributed by atoms with E-state index in [4.69, 9.17) is 28.9 Å².